The number of benzene rings is 2. The second-order valence-electron chi connectivity index (χ2n) is 6.50. The SMILES string of the molecule is CCCCc1ccc(N/C(N)=N/c2nc(C)c3ccccc3n2)c(C)c1. The van der Waals surface area contributed by atoms with Gasteiger partial charge in [-0.1, -0.05) is 43.7 Å². The Morgan fingerprint density at radius 1 is 1.12 bits per heavy atom. The number of nitrogens with two attached hydrogens (primary N) is 1. The van der Waals surface area contributed by atoms with Crippen LogP contribution >= 0.6 is 0 Å². The molecule has 0 saturated heterocycles. The molecule has 1 aromatic heterocycles. The van der Waals surface area contributed by atoms with Crippen LogP contribution in [0.4, 0.5) is 11.6 Å². The molecule has 3 aromatic rings. The Morgan fingerprint density at radius 3 is 2.69 bits per heavy atom. The van der Waals surface area contributed by atoms with E-state index in [4.69, 9.17) is 5.73 Å². The molecule has 134 valence electrons. The number of para-hydroxylation sites is 1. The van der Waals surface area contributed by atoms with E-state index in [1.165, 1.54) is 18.4 Å². The van der Waals surface area contributed by atoms with Crippen molar-refractivity contribution in [3.05, 3.63) is 59.3 Å². The lowest BCUT2D eigenvalue weighted by Crippen LogP contribution is -2.22. The van der Waals surface area contributed by atoms with Crippen molar-refractivity contribution in [1.82, 2.24) is 9.97 Å². The van der Waals surface area contributed by atoms with E-state index in [0.717, 1.165) is 34.3 Å². The maximum atomic E-state index is 6.08. The first kappa shape index (κ1) is 17.9. The van der Waals surface area contributed by atoms with Gasteiger partial charge in [0.2, 0.25) is 5.96 Å². The van der Waals surface area contributed by atoms with Gasteiger partial charge in [0.25, 0.3) is 5.95 Å². The number of unbranched alkanes of at least 4 members (excludes halogenated alkanes) is 1. The topological polar surface area (TPSA) is 76.2 Å². The van der Waals surface area contributed by atoms with Crippen LogP contribution in [0.1, 0.15) is 36.6 Å². The summed E-state index contributed by atoms with van der Waals surface area (Å²) >= 11 is 0. The van der Waals surface area contributed by atoms with Crippen molar-refractivity contribution in [3.8, 4) is 0 Å². The van der Waals surface area contributed by atoms with E-state index in [1.807, 2.05) is 31.2 Å². The van der Waals surface area contributed by atoms with Gasteiger partial charge in [-0.25, -0.2) is 9.97 Å². The van der Waals surface area contributed by atoms with Crippen molar-refractivity contribution in [1.29, 1.82) is 0 Å². The molecule has 0 aliphatic rings. The Bertz CT molecular complexity index is 946. The first-order valence-corrected chi connectivity index (χ1v) is 9.01. The molecule has 5 nitrogen and oxygen atoms in total. The van der Waals surface area contributed by atoms with Crippen LogP contribution < -0.4 is 11.1 Å². The van der Waals surface area contributed by atoms with Gasteiger partial charge in [-0.05, 0) is 49.9 Å². The Hall–Kier alpha value is -2.95. The highest BCUT2D eigenvalue weighted by atomic mass is 15.2. The number of aryl methyl sites for hydroxylation is 3. The third-order valence-corrected chi connectivity index (χ3v) is 4.38. The Morgan fingerprint density at radius 2 is 1.92 bits per heavy atom. The van der Waals surface area contributed by atoms with E-state index in [9.17, 15) is 0 Å². The Balaban J connectivity index is 1.80. The van der Waals surface area contributed by atoms with Crippen LogP contribution in [0.3, 0.4) is 0 Å². The highest BCUT2D eigenvalue weighted by molar-refractivity contribution is 5.94. The van der Waals surface area contributed by atoms with E-state index in [2.05, 4.69) is 52.3 Å². The van der Waals surface area contributed by atoms with Crippen molar-refractivity contribution >= 4 is 28.5 Å². The van der Waals surface area contributed by atoms with E-state index in [1.54, 1.807) is 0 Å². The fourth-order valence-corrected chi connectivity index (χ4v) is 2.95. The van der Waals surface area contributed by atoms with Crippen LogP contribution in [0, 0.1) is 13.8 Å². The van der Waals surface area contributed by atoms with Crippen LogP contribution in [0.2, 0.25) is 0 Å². The molecule has 0 aliphatic carbocycles. The van der Waals surface area contributed by atoms with Gasteiger partial charge in [-0.2, -0.15) is 4.99 Å². The summed E-state index contributed by atoms with van der Waals surface area (Å²) in [5, 5.41) is 4.18. The molecule has 3 rings (SSSR count). The lowest BCUT2D eigenvalue weighted by molar-refractivity contribution is 0.794. The molecular formula is C21H25N5. The van der Waals surface area contributed by atoms with E-state index in [-0.39, 0.29) is 5.96 Å². The van der Waals surface area contributed by atoms with Gasteiger partial charge < -0.3 is 11.1 Å². The fourth-order valence-electron chi connectivity index (χ4n) is 2.95. The Kier molecular flexibility index (Phi) is 5.46. The molecule has 0 spiro atoms. The van der Waals surface area contributed by atoms with Gasteiger partial charge >= 0.3 is 0 Å². The fraction of sp³-hybridized carbons (Fsp3) is 0.286. The lowest BCUT2D eigenvalue weighted by atomic mass is 10.0. The van der Waals surface area contributed by atoms with Crippen LogP contribution in [0.15, 0.2) is 47.5 Å². The highest BCUT2D eigenvalue weighted by Crippen LogP contribution is 2.20. The number of nitrogens with one attached hydrogen (secondary N) is 1. The van der Waals surface area contributed by atoms with Crippen LogP contribution in [-0.4, -0.2) is 15.9 Å². The monoisotopic (exact) mass is 347 g/mol. The first-order chi connectivity index (χ1) is 12.6. The van der Waals surface area contributed by atoms with Crippen LogP contribution in [0.5, 0.6) is 0 Å². The van der Waals surface area contributed by atoms with Crippen LogP contribution in [0.25, 0.3) is 10.9 Å². The average molecular weight is 347 g/mol. The molecule has 0 amide bonds. The Labute approximate surface area is 154 Å². The predicted octanol–water partition coefficient (Wildman–Crippen LogP) is 4.65. The summed E-state index contributed by atoms with van der Waals surface area (Å²) in [7, 11) is 0. The zero-order chi connectivity index (χ0) is 18.5. The predicted molar refractivity (Wildman–Crippen MR) is 109 cm³/mol. The smallest absolute Gasteiger partial charge is 0.253 e. The summed E-state index contributed by atoms with van der Waals surface area (Å²) in [5.74, 6) is 0.646. The van der Waals surface area contributed by atoms with Gasteiger partial charge in [0.05, 0.1) is 11.2 Å². The normalized spacial score (nSPS) is 11.7. The van der Waals surface area contributed by atoms with Gasteiger partial charge in [-0.15, -0.1) is 0 Å². The summed E-state index contributed by atoms with van der Waals surface area (Å²) in [4.78, 5) is 13.2. The van der Waals surface area contributed by atoms with Crippen molar-refractivity contribution in [2.75, 3.05) is 5.32 Å². The molecule has 0 aliphatic heterocycles. The first-order valence-electron chi connectivity index (χ1n) is 9.01. The minimum atomic E-state index is 0.282. The lowest BCUT2D eigenvalue weighted by Gasteiger charge is -2.11. The molecule has 0 unspecified atom stereocenters. The third kappa shape index (κ3) is 4.17. The van der Waals surface area contributed by atoms with Gasteiger partial charge in [-0.3, -0.25) is 0 Å². The number of guanidine groups is 1. The second kappa shape index (κ2) is 7.95. The maximum Gasteiger partial charge on any atom is 0.253 e. The van der Waals surface area contributed by atoms with E-state index < -0.39 is 0 Å². The standard InChI is InChI=1S/C21H25N5/c1-4-5-8-16-11-12-18(14(2)13-16)24-20(22)26-21-23-15(3)17-9-6-7-10-19(17)25-21/h6-7,9-13H,4-5,8H2,1-3H3,(H3,22,23,24,25,26). The summed E-state index contributed by atoms with van der Waals surface area (Å²) in [6.07, 6.45) is 3.50. The van der Waals surface area contributed by atoms with Crippen LogP contribution in [-0.2, 0) is 6.42 Å². The minimum Gasteiger partial charge on any atom is -0.369 e. The van der Waals surface area contributed by atoms with Gasteiger partial charge in [0.1, 0.15) is 0 Å². The zero-order valence-corrected chi connectivity index (χ0v) is 15.6. The quantitative estimate of drug-likeness (QED) is 0.520. The number of hydrogen-bond donors (Lipinski definition) is 2. The summed E-state index contributed by atoms with van der Waals surface area (Å²) < 4.78 is 0. The molecule has 0 bridgehead atoms. The molecule has 0 fully saturated rings. The molecule has 0 radical (unpaired) electrons. The van der Waals surface area contributed by atoms with Gasteiger partial charge in [0, 0.05) is 11.1 Å². The number of aromatic nitrogens is 2. The number of anilines is 1. The molecule has 0 saturated carbocycles. The molecular weight excluding hydrogens is 322 g/mol. The highest BCUT2D eigenvalue weighted by Gasteiger charge is 2.05. The number of hydrogen-bond acceptors (Lipinski definition) is 3. The molecule has 1 heterocycles. The average Bonchev–Trinajstić information content (AvgIpc) is 2.62. The van der Waals surface area contributed by atoms with Crippen molar-refractivity contribution < 1.29 is 0 Å². The number of nitrogens with zero attached hydrogens (tertiary/aromatic N) is 3. The molecule has 3 N–H and O–H groups in total. The third-order valence-electron chi connectivity index (χ3n) is 4.38. The summed E-state index contributed by atoms with van der Waals surface area (Å²) in [5.41, 5.74) is 11.3. The van der Waals surface area contributed by atoms with Crippen molar-refractivity contribution in [2.45, 2.75) is 40.0 Å². The number of rotatable bonds is 5. The molecule has 26 heavy (non-hydrogen) atoms. The van der Waals surface area contributed by atoms with E-state index in [0.29, 0.717) is 5.95 Å². The maximum absolute atomic E-state index is 6.08. The van der Waals surface area contributed by atoms with Crippen molar-refractivity contribution in [2.24, 2.45) is 10.7 Å². The number of aliphatic imine (C=N–C) groups is 1. The zero-order valence-electron chi connectivity index (χ0n) is 15.6. The minimum absolute atomic E-state index is 0.282. The second-order valence-corrected chi connectivity index (χ2v) is 6.50. The molecule has 0 atom stereocenters. The molecule has 5 heteroatoms. The summed E-state index contributed by atoms with van der Waals surface area (Å²) in [6, 6.07) is 14.3. The van der Waals surface area contributed by atoms with Crippen molar-refractivity contribution in [3.63, 3.8) is 0 Å². The molecule has 2 aromatic carbocycles. The van der Waals surface area contributed by atoms with Gasteiger partial charge in [0.15, 0.2) is 0 Å². The number of fused-ring (bicyclic) bond motifs is 1. The van der Waals surface area contributed by atoms with E-state index >= 15 is 0 Å². The largest absolute Gasteiger partial charge is 0.369 e. The summed E-state index contributed by atoms with van der Waals surface area (Å²) in [6.45, 7) is 6.23.